The fraction of sp³-hybridized carbons (Fsp3) is 0.571. The van der Waals surface area contributed by atoms with Gasteiger partial charge in [0.15, 0.2) is 11.5 Å². The van der Waals surface area contributed by atoms with Crippen LogP contribution in [-0.4, -0.2) is 68.8 Å². The lowest BCUT2D eigenvalue weighted by atomic mass is 9.82. The number of fused-ring (bicyclic) bond motifs is 1. The largest absolute Gasteiger partial charge is 0.416 e. The lowest BCUT2D eigenvalue weighted by molar-refractivity contribution is -0.0889. The molecule has 3 aromatic heterocycles. The molecule has 2 unspecified atom stereocenters. The van der Waals surface area contributed by atoms with Gasteiger partial charge in [0.25, 0.3) is 0 Å². The highest BCUT2D eigenvalue weighted by Gasteiger charge is 2.34. The molecule has 1 saturated heterocycles. The van der Waals surface area contributed by atoms with Crippen molar-refractivity contribution < 1.29 is 23.0 Å². The Labute approximate surface area is 284 Å². The molecule has 1 fully saturated rings. The van der Waals surface area contributed by atoms with Crippen LogP contribution in [-0.2, 0) is 10.3 Å². The van der Waals surface area contributed by atoms with E-state index in [4.69, 9.17) is 9.72 Å². The van der Waals surface area contributed by atoms with Crippen LogP contribution < -0.4 is 4.90 Å². The van der Waals surface area contributed by atoms with Gasteiger partial charge in [0.05, 0.1) is 36.8 Å². The SMILES string of the molecule is C=C/C=C\C(=C(C)C)C(F)(F)F.CC.CCCC(O)(CCC(C)CC)c1cc(N2CCOCC2)nc2c1cnn2-c1ccn[nH]1.CS. The second-order valence-corrected chi connectivity index (χ2v) is 11.2. The maximum absolute atomic E-state index is 12.2. The second-order valence-electron chi connectivity index (χ2n) is 11.2. The number of nitrogens with zero attached hydrogens (tertiary/aromatic N) is 5. The molecule has 12 heteroatoms. The molecule has 1 aliphatic rings. The van der Waals surface area contributed by atoms with E-state index in [-0.39, 0.29) is 5.57 Å². The molecule has 1 aliphatic heterocycles. The Bertz CT molecular complexity index is 1380. The summed E-state index contributed by atoms with van der Waals surface area (Å²) in [6, 6.07) is 3.95. The Morgan fingerprint density at radius 3 is 2.34 bits per heavy atom. The molecule has 47 heavy (non-hydrogen) atoms. The van der Waals surface area contributed by atoms with Crippen LogP contribution in [0.2, 0.25) is 0 Å². The molecule has 0 aromatic carbocycles. The number of H-pyrrole nitrogens is 1. The fourth-order valence-corrected chi connectivity index (χ4v) is 5.08. The minimum Gasteiger partial charge on any atom is -0.385 e. The van der Waals surface area contributed by atoms with Crippen molar-refractivity contribution in [1.82, 2.24) is 25.0 Å². The molecule has 2 N–H and O–H groups in total. The third kappa shape index (κ3) is 12.1. The monoisotopic (exact) mass is 680 g/mol. The summed E-state index contributed by atoms with van der Waals surface area (Å²) in [6.45, 7) is 19.7. The number of anilines is 1. The van der Waals surface area contributed by atoms with Crippen molar-refractivity contribution in [2.24, 2.45) is 5.92 Å². The van der Waals surface area contributed by atoms with Gasteiger partial charge in [-0.3, -0.25) is 5.10 Å². The molecule has 0 spiro atoms. The molecule has 0 saturated carbocycles. The number of aromatic nitrogens is 5. The summed E-state index contributed by atoms with van der Waals surface area (Å²) in [5.74, 6) is 2.20. The van der Waals surface area contributed by atoms with E-state index in [1.165, 1.54) is 26.0 Å². The van der Waals surface area contributed by atoms with Gasteiger partial charge < -0.3 is 14.7 Å². The summed E-state index contributed by atoms with van der Waals surface area (Å²) >= 11 is 3.53. The quantitative estimate of drug-likeness (QED) is 0.138. The van der Waals surface area contributed by atoms with Crippen molar-refractivity contribution in [3.8, 4) is 5.82 Å². The summed E-state index contributed by atoms with van der Waals surface area (Å²) in [7, 11) is 0. The van der Waals surface area contributed by atoms with Crippen molar-refractivity contribution in [1.29, 1.82) is 0 Å². The highest BCUT2D eigenvalue weighted by Crippen LogP contribution is 2.39. The van der Waals surface area contributed by atoms with Gasteiger partial charge in [-0.1, -0.05) is 77.8 Å². The number of morpholine rings is 1. The van der Waals surface area contributed by atoms with E-state index >= 15 is 0 Å². The van der Waals surface area contributed by atoms with Crippen LogP contribution in [0.5, 0.6) is 0 Å². The third-order valence-electron chi connectivity index (χ3n) is 7.73. The average molecular weight is 681 g/mol. The maximum atomic E-state index is 12.2. The Hall–Kier alpha value is -3.09. The van der Waals surface area contributed by atoms with Gasteiger partial charge in [0.1, 0.15) is 5.82 Å². The molecule has 8 nitrogen and oxygen atoms in total. The number of hydrogen-bond acceptors (Lipinski definition) is 7. The number of rotatable bonds is 11. The van der Waals surface area contributed by atoms with E-state index in [1.807, 2.05) is 26.1 Å². The predicted octanol–water partition coefficient (Wildman–Crippen LogP) is 8.99. The number of aliphatic hydroxyl groups is 1. The summed E-state index contributed by atoms with van der Waals surface area (Å²) in [6.07, 6.45) is 9.00. The first-order chi connectivity index (χ1) is 22.4. The third-order valence-corrected chi connectivity index (χ3v) is 7.73. The average Bonchev–Trinajstić information content (AvgIpc) is 3.76. The molecule has 0 aliphatic carbocycles. The first kappa shape index (κ1) is 41.9. The van der Waals surface area contributed by atoms with Crippen LogP contribution in [0.25, 0.3) is 16.9 Å². The van der Waals surface area contributed by atoms with E-state index in [0.717, 1.165) is 73.1 Å². The molecule has 0 amide bonds. The molecular weight excluding hydrogens is 625 g/mol. The normalized spacial score (nSPS) is 15.0. The van der Waals surface area contributed by atoms with Crippen molar-refractivity contribution in [3.63, 3.8) is 0 Å². The number of alkyl halides is 3. The van der Waals surface area contributed by atoms with Gasteiger partial charge in [0.2, 0.25) is 0 Å². The summed E-state index contributed by atoms with van der Waals surface area (Å²) in [4.78, 5) is 7.21. The van der Waals surface area contributed by atoms with Gasteiger partial charge in [0, 0.05) is 24.5 Å². The standard InChI is InChI=1S/C23H34N6O2.C9H11F3.C2H6.CH4S/c1-4-8-23(30,9-6-17(3)5-2)19-15-21(28-11-13-31-14-12-28)26-22-18(19)16-25-29(22)20-7-10-24-27-20;1-4-5-6-8(7(2)3)9(10,11)12;2*1-2/h7,10,15-17,30H,4-6,8-9,11-14H2,1-3H3,(H,24,27);4-6H,1H2,2-3H3;1-2H3;2H,1H3/b;6-5-;;. The van der Waals surface area contributed by atoms with Crippen LogP contribution in [0.15, 0.2) is 60.5 Å². The van der Waals surface area contributed by atoms with Crippen LogP contribution in [0.3, 0.4) is 0 Å². The van der Waals surface area contributed by atoms with Gasteiger partial charge >= 0.3 is 6.18 Å². The molecule has 0 radical (unpaired) electrons. The lowest BCUT2D eigenvalue weighted by Crippen LogP contribution is -2.37. The minimum atomic E-state index is -4.27. The molecular formula is C35H55F3N6O2S. The van der Waals surface area contributed by atoms with Gasteiger partial charge in [-0.25, -0.2) is 4.98 Å². The number of thiol groups is 1. The van der Waals surface area contributed by atoms with E-state index in [1.54, 1.807) is 17.1 Å². The van der Waals surface area contributed by atoms with E-state index in [2.05, 4.69) is 66.2 Å². The Kier molecular flexibility index (Phi) is 18.7. The first-order valence-corrected chi connectivity index (χ1v) is 17.3. The predicted molar refractivity (Wildman–Crippen MR) is 192 cm³/mol. The van der Waals surface area contributed by atoms with Crippen LogP contribution in [0, 0.1) is 5.92 Å². The van der Waals surface area contributed by atoms with Gasteiger partial charge in [-0.2, -0.15) is 40.7 Å². The number of allylic oxidation sites excluding steroid dienone is 5. The number of nitrogens with one attached hydrogen (secondary N) is 1. The summed E-state index contributed by atoms with van der Waals surface area (Å²) in [5, 5.41) is 24.5. The Balaban J connectivity index is 0.000000584. The van der Waals surface area contributed by atoms with Crippen LogP contribution in [0.4, 0.5) is 19.0 Å². The smallest absolute Gasteiger partial charge is 0.385 e. The molecule has 264 valence electrons. The van der Waals surface area contributed by atoms with E-state index in [9.17, 15) is 18.3 Å². The number of pyridine rings is 1. The van der Waals surface area contributed by atoms with Crippen molar-refractivity contribution >= 4 is 29.5 Å². The Morgan fingerprint density at radius 2 is 1.83 bits per heavy atom. The molecule has 3 aromatic rings. The van der Waals surface area contributed by atoms with E-state index in [0.29, 0.717) is 25.6 Å². The highest BCUT2D eigenvalue weighted by atomic mass is 32.1. The summed E-state index contributed by atoms with van der Waals surface area (Å²) < 4.78 is 43.8. The van der Waals surface area contributed by atoms with Crippen molar-refractivity contribution in [3.05, 3.63) is 66.0 Å². The topological polar surface area (TPSA) is 92.1 Å². The minimum absolute atomic E-state index is 0.251. The first-order valence-electron chi connectivity index (χ1n) is 16.4. The Morgan fingerprint density at radius 1 is 1.17 bits per heavy atom. The highest BCUT2D eigenvalue weighted by molar-refractivity contribution is 7.79. The van der Waals surface area contributed by atoms with E-state index < -0.39 is 17.4 Å². The number of ether oxygens (including phenoxy) is 1. The number of hydrogen-bond donors (Lipinski definition) is 3. The maximum Gasteiger partial charge on any atom is 0.416 e. The number of halogens is 3. The van der Waals surface area contributed by atoms with Crippen molar-refractivity contribution in [2.45, 2.75) is 92.3 Å². The van der Waals surface area contributed by atoms with Crippen LogP contribution >= 0.6 is 12.6 Å². The zero-order chi connectivity index (χ0) is 35.6. The molecule has 0 bridgehead atoms. The zero-order valence-electron chi connectivity index (χ0n) is 29.4. The zero-order valence-corrected chi connectivity index (χ0v) is 30.3. The van der Waals surface area contributed by atoms with Gasteiger partial charge in [-0.05, 0) is 56.9 Å². The van der Waals surface area contributed by atoms with Gasteiger partial charge in [-0.15, -0.1) is 0 Å². The fourth-order valence-electron chi connectivity index (χ4n) is 5.08. The molecule has 4 rings (SSSR count). The number of aromatic amines is 1. The van der Waals surface area contributed by atoms with Crippen molar-refractivity contribution in [2.75, 3.05) is 37.5 Å². The lowest BCUT2D eigenvalue weighted by Gasteiger charge is -2.33. The van der Waals surface area contributed by atoms with Crippen LogP contribution in [0.1, 0.15) is 86.1 Å². The summed E-state index contributed by atoms with van der Waals surface area (Å²) in [5.41, 5.74) is 0.390. The molecule has 2 atom stereocenters. The second kappa shape index (κ2) is 21.0. The molecule has 4 heterocycles.